The van der Waals surface area contributed by atoms with Crippen molar-refractivity contribution in [3.63, 3.8) is 0 Å². The van der Waals surface area contributed by atoms with Gasteiger partial charge in [-0.2, -0.15) is 0 Å². The number of anilines is 1. The van der Waals surface area contributed by atoms with Crippen molar-refractivity contribution in [2.75, 3.05) is 26.2 Å². The number of carbonyl (C=O) groups excluding carboxylic acids is 3. The van der Waals surface area contributed by atoms with E-state index in [1.54, 1.807) is 30.3 Å². The number of aliphatic hydroxyl groups excluding tert-OH is 1. The zero-order valence-corrected chi connectivity index (χ0v) is 16.0. The predicted octanol–water partition coefficient (Wildman–Crippen LogP) is 2.10. The lowest BCUT2D eigenvalue weighted by Gasteiger charge is -2.34. The summed E-state index contributed by atoms with van der Waals surface area (Å²) in [6.45, 7) is 0. The number of carbonyl (C=O) groups is 3. The average Bonchev–Trinajstić information content (AvgIpc) is 3.00. The zero-order chi connectivity index (χ0) is 21.2. The molecule has 29 heavy (non-hydrogen) atoms. The molecule has 0 unspecified atom stereocenters. The first-order valence-corrected chi connectivity index (χ1v) is 8.58. The molecule has 0 radical (unpaired) electrons. The van der Waals surface area contributed by atoms with E-state index in [1.807, 2.05) is 0 Å². The highest BCUT2D eigenvalue weighted by molar-refractivity contribution is 6.54. The van der Waals surface area contributed by atoms with Crippen LogP contribution in [0.4, 0.5) is 5.69 Å². The number of methoxy groups -OCH3 is 3. The molecule has 1 saturated heterocycles. The van der Waals surface area contributed by atoms with Crippen LogP contribution in [-0.2, 0) is 23.9 Å². The first-order valence-electron chi connectivity index (χ1n) is 8.58. The molecule has 3 rings (SSSR count). The fraction of sp³-hybridized carbons (Fsp3) is 0.190. The summed E-state index contributed by atoms with van der Waals surface area (Å²) in [4.78, 5) is 39.5. The highest BCUT2D eigenvalue weighted by Gasteiger charge is 2.64. The minimum Gasteiger partial charge on any atom is -0.507 e. The van der Waals surface area contributed by atoms with Gasteiger partial charge in [-0.05, 0) is 36.4 Å². The van der Waals surface area contributed by atoms with Crippen molar-refractivity contribution in [2.45, 2.75) is 5.72 Å². The third-order valence-electron chi connectivity index (χ3n) is 4.65. The van der Waals surface area contributed by atoms with E-state index in [-0.39, 0.29) is 11.3 Å². The van der Waals surface area contributed by atoms with Gasteiger partial charge in [0.1, 0.15) is 17.1 Å². The van der Waals surface area contributed by atoms with Crippen molar-refractivity contribution < 1.29 is 33.7 Å². The molecule has 0 saturated carbocycles. The summed E-state index contributed by atoms with van der Waals surface area (Å²) < 4.78 is 15.4. The van der Waals surface area contributed by atoms with Crippen LogP contribution in [0, 0.1) is 0 Å². The second-order valence-corrected chi connectivity index (χ2v) is 6.10. The fourth-order valence-electron chi connectivity index (χ4n) is 3.26. The molecule has 1 fully saturated rings. The molecule has 0 spiro atoms. The maximum atomic E-state index is 12.9. The van der Waals surface area contributed by atoms with Crippen LogP contribution in [0.2, 0.25) is 0 Å². The van der Waals surface area contributed by atoms with E-state index >= 15 is 0 Å². The van der Waals surface area contributed by atoms with Crippen LogP contribution in [0.3, 0.4) is 0 Å². The maximum absolute atomic E-state index is 12.9. The SMILES string of the molecule is COC(=O)[C@@]1(OC)C(=C(O)c2ccc(OC)cc2)C(=O)C(=O)N1c1ccccc1. The Morgan fingerprint density at radius 1 is 0.966 bits per heavy atom. The number of Topliss-reactive ketones (excluding diaryl/α,β-unsaturated/α-hetero) is 1. The lowest BCUT2D eigenvalue weighted by atomic mass is 9.97. The smallest absolute Gasteiger partial charge is 0.365 e. The van der Waals surface area contributed by atoms with Gasteiger partial charge >= 0.3 is 11.9 Å². The van der Waals surface area contributed by atoms with Gasteiger partial charge in [0.2, 0.25) is 0 Å². The quantitative estimate of drug-likeness (QED) is 0.357. The van der Waals surface area contributed by atoms with Gasteiger partial charge < -0.3 is 19.3 Å². The van der Waals surface area contributed by atoms with Gasteiger partial charge in [-0.3, -0.25) is 14.5 Å². The molecule has 1 heterocycles. The first-order chi connectivity index (χ1) is 13.9. The molecule has 150 valence electrons. The Bertz CT molecular complexity index is 982. The van der Waals surface area contributed by atoms with Gasteiger partial charge in [-0.15, -0.1) is 0 Å². The summed E-state index contributed by atoms with van der Waals surface area (Å²) in [7, 11) is 3.74. The Labute approximate surface area is 166 Å². The van der Waals surface area contributed by atoms with Crippen molar-refractivity contribution in [3.05, 3.63) is 65.7 Å². The van der Waals surface area contributed by atoms with Crippen LogP contribution in [0.25, 0.3) is 5.76 Å². The number of nitrogens with zero attached hydrogens (tertiary/aromatic N) is 1. The molecule has 1 amide bonds. The van der Waals surface area contributed by atoms with E-state index < -0.39 is 34.7 Å². The van der Waals surface area contributed by atoms with Crippen LogP contribution in [0.1, 0.15) is 5.56 Å². The summed E-state index contributed by atoms with van der Waals surface area (Å²) in [6.07, 6.45) is 0. The standard InChI is InChI=1S/C21H19NO7/c1-27-15-11-9-13(10-12-15)17(23)16-18(24)19(25)22(14-7-5-4-6-8-14)21(16,29-3)20(26)28-2/h4-12,23H,1-3H3/t21-/m0/s1. The molecule has 8 heteroatoms. The van der Waals surface area contributed by atoms with Gasteiger partial charge in [-0.25, -0.2) is 4.79 Å². The van der Waals surface area contributed by atoms with Gasteiger partial charge in [-0.1, -0.05) is 18.2 Å². The lowest BCUT2D eigenvalue weighted by molar-refractivity contribution is -0.161. The van der Waals surface area contributed by atoms with E-state index in [4.69, 9.17) is 14.2 Å². The third-order valence-corrected chi connectivity index (χ3v) is 4.65. The number of amides is 1. The molecule has 1 aliphatic heterocycles. The van der Waals surface area contributed by atoms with Crippen molar-refractivity contribution >= 4 is 29.1 Å². The van der Waals surface area contributed by atoms with E-state index in [0.29, 0.717) is 5.75 Å². The van der Waals surface area contributed by atoms with Crippen LogP contribution in [0.15, 0.2) is 60.2 Å². The van der Waals surface area contributed by atoms with E-state index in [1.165, 1.54) is 31.4 Å². The minimum absolute atomic E-state index is 0.196. The van der Waals surface area contributed by atoms with Crippen molar-refractivity contribution in [1.82, 2.24) is 0 Å². The molecular weight excluding hydrogens is 378 g/mol. The highest BCUT2D eigenvalue weighted by Crippen LogP contribution is 2.42. The van der Waals surface area contributed by atoms with Crippen molar-refractivity contribution in [2.24, 2.45) is 0 Å². The van der Waals surface area contributed by atoms with E-state index in [9.17, 15) is 19.5 Å². The van der Waals surface area contributed by atoms with Gasteiger partial charge in [0, 0.05) is 18.4 Å². The number of rotatable bonds is 5. The van der Waals surface area contributed by atoms with Crippen molar-refractivity contribution in [1.29, 1.82) is 0 Å². The highest BCUT2D eigenvalue weighted by atomic mass is 16.6. The average molecular weight is 397 g/mol. The number of ketones is 1. The summed E-state index contributed by atoms with van der Waals surface area (Å²) in [5, 5.41) is 10.9. The van der Waals surface area contributed by atoms with Crippen LogP contribution in [-0.4, -0.2) is 49.8 Å². The second kappa shape index (κ2) is 7.76. The van der Waals surface area contributed by atoms with E-state index in [0.717, 1.165) is 19.1 Å². The monoisotopic (exact) mass is 397 g/mol. The number of esters is 1. The number of para-hydroxylation sites is 1. The van der Waals surface area contributed by atoms with Crippen LogP contribution < -0.4 is 9.64 Å². The fourth-order valence-corrected chi connectivity index (χ4v) is 3.26. The molecular formula is C21H19NO7. The topological polar surface area (TPSA) is 102 Å². The van der Waals surface area contributed by atoms with Crippen LogP contribution >= 0.6 is 0 Å². The maximum Gasteiger partial charge on any atom is 0.365 e. The predicted molar refractivity (Wildman–Crippen MR) is 103 cm³/mol. The normalized spacial score (nSPS) is 20.6. The molecule has 1 N–H and O–H groups in total. The van der Waals surface area contributed by atoms with Gasteiger partial charge in [0.25, 0.3) is 11.5 Å². The zero-order valence-electron chi connectivity index (χ0n) is 16.0. The number of hydrogen-bond donors (Lipinski definition) is 1. The van der Waals surface area contributed by atoms with Gasteiger partial charge in [0.15, 0.2) is 0 Å². The molecule has 1 aliphatic rings. The largest absolute Gasteiger partial charge is 0.507 e. The number of aliphatic hydroxyl groups is 1. The van der Waals surface area contributed by atoms with Gasteiger partial charge in [0.05, 0.1) is 14.2 Å². The Morgan fingerprint density at radius 2 is 1.59 bits per heavy atom. The Morgan fingerprint density at radius 3 is 2.10 bits per heavy atom. The number of ether oxygens (including phenoxy) is 3. The second-order valence-electron chi connectivity index (χ2n) is 6.10. The Kier molecular flexibility index (Phi) is 5.38. The van der Waals surface area contributed by atoms with Crippen LogP contribution in [0.5, 0.6) is 5.75 Å². The summed E-state index contributed by atoms with van der Waals surface area (Å²) >= 11 is 0. The molecule has 1 atom stereocenters. The number of benzene rings is 2. The molecule has 2 aromatic carbocycles. The molecule has 0 aliphatic carbocycles. The third kappa shape index (κ3) is 3.03. The molecule has 8 nitrogen and oxygen atoms in total. The summed E-state index contributed by atoms with van der Waals surface area (Å²) in [6, 6.07) is 14.2. The summed E-state index contributed by atoms with van der Waals surface area (Å²) in [5.74, 6) is -3.18. The minimum atomic E-state index is -2.28. The number of hydrogen-bond acceptors (Lipinski definition) is 7. The van der Waals surface area contributed by atoms with Crippen molar-refractivity contribution in [3.8, 4) is 5.75 Å². The van der Waals surface area contributed by atoms with E-state index in [2.05, 4.69) is 0 Å². The Balaban J connectivity index is 2.30. The first kappa shape index (κ1) is 20.1. The molecule has 0 aromatic heterocycles. The molecule has 0 bridgehead atoms. The molecule has 2 aromatic rings. The lowest BCUT2D eigenvalue weighted by Crippen LogP contribution is -2.55. The summed E-state index contributed by atoms with van der Waals surface area (Å²) in [5.41, 5.74) is -2.38. The Hall–Kier alpha value is -3.65.